The molecule has 2 heterocycles. The van der Waals surface area contributed by atoms with E-state index in [2.05, 4.69) is 27.5 Å². The first kappa shape index (κ1) is 21.1. The number of para-hydroxylation sites is 2. The van der Waals surface area contributed by atoms with Crippen LogP contribution in [0.15, 0.2) is 24.3 Å². The summed E-state index contributed by atoms with van der Waals surface area (Å²) in [4.78, 5) is 43.8. The zero-order chi connectivity index (χ0) is 20.8. The first-order chi connectivity index (χ1) is 14.0. The Morgan fingerprint density at radius 2 is 1.90 bits per heavy atom. The van der Waals surface area contributed by atoms with Crippen LogP contribution in [0.3, 0.4) is 0 Å². The molecule has 9 nitrogen and oxygen atoms in total. The molecule has 0 aromatic heterocycles. The van der Waals surface area contributed by atoms with Crippen molar-refractivity contribution < 1.29 is 19.1 Å². The number of likely N-dealkylation sites (N-methyl/N-ethyl adjacent to an activating group) is 1. The maximum Gasteiger partial charge on any atom is 0.243 e. The number of anilines is 1. The quantitative estimate of drug-likeness (QED) is 0.671. The van der Waals surface area contributed by atoms with Crippen molar-refractivity contribution in [3.05, 3.63) is 24.3 Å². The van der Waals surface area contributed by atoms with Crippen molar-refractivity contribution >= 4 is 23.4 Å². The van der Waals surface area contributed by atoms with E-state index in [0.717, 1.165) is 26.2 Å². The Labute approximate surface area is 171 Å². The first-order valence-corrected chi connectivity index (χ1v) is 9.89. The summed E-state index contributed by atoms with van der Waals surface area (Å²) in [7, 11) is 3.59. The molecule has 1 atom stereocenters. The van der Waals surface area contributed by atoms with Crippen LogP contribution in [-0.4, -0.2) is 98.4 Å². The molecule has 3 rings (SSSR count). The Balaban J connectivity index is 1.62. The van der Waals surface area contributed by atoms with Gasteiger partial charge in [-0.05, 0) is 19.2 Å². The molecule has 3 amide bonds. The van der Waals surface area contributed by atoms with E-state index in [1.54, 1.807) is 23.1 Å². The van der Waals surface area contributed by atoms with Crippen molar-refractivity contribution in [2.24, 2.45) is 0 Å². The van der Waals surface area contributed by atoms with E-state index >= 15 is 0 Å². The molecular weight excluding hydrogens is 374 g/mol. The summed E-state index contributed by atoms with van der Waals surface area (Å²) in [6.07, 6.45) is -0.0988. The predicted molar refractivity (Wildman–Crippen MR) is 109 cm³/mol. The minimum absolute atomic E-state index is 0.0988. The number of piperazine rings is 2. The fourth-order valence-electron chi connectivity index (χ4n) is 3.63. The maximum atomic E-state index is 12.9. The van der Waals surface area contributed by atoms with E-state index in [0.29, 0.717) is 24.5 Å². The summed E-state index contributed by atoms with van der Waals surface area (Å²) in [5.74, 6) is -0.205. The van der Waals surface area contributed by atoms with Gasteiger partial charge in [-0.1, -0.05) is 12.1 Å². The number of rotatable bonds is 6. The minimum Gasteiger partial charge on any atom is -0.495 e. The summed E-state index contributed by atoms with van der Waals surface area (Å²) in [6, 6.07) is 6.26. The number of carbonyl (C=O) groups excluding carboxylic acids is 3. The lowest BCUT2D eigenvalue weighted by molar-refractivity contribution is -0.145. The van der Waals surface area contributed by atoms with Crippen LogP contribution < -0.4 is 15.4 Å². The summed E-state index contributed by atoms with van der Waals surface area (Å²) in [6.45, 7) is 4.55. The van der Waals surface area contributed by atoms with Crippen LogP contribution >= 0.6 is 0 Å². The van der Waals surface area contributed by atoms with Gasteiger partial charge in [0.15, 0.2) is 0 Å². The molecule has 2 saturated heterocycles. The van der Waals surface area contributed by atoms with Gasteiger partial charge >= 0.3 is 0 Å². The second-order valence-electron chi connectivity index (χ2n) is 7.43. The van der Waals surface area contributed by atoms with Gasteiger partial charge in [-0.25, -0.2) is 0 Å². The van der Waals surface area contributed by atoms with E-state index in [-0.39, 0.29) is 30.7 Å². The predicted octanol–water partition coefficient (Wildman–Crippen LogP) is -0.402. The van der Waals surface area contributed by atoms with Gasteiger partial charge in [0.25, 0.3) is 0 Å². The molecule has 0 radical (unpaired) electrons. The number of hydrogen-bond donors (Lipinski definition) is 2. The molecule has 2 fully saturated rings. The number of hydrogen-bond acceptors (Lipinski definition) is 6. The van der Waals surface area contributed by atoms with Crippen molar-refractivity contribution in [3.8, 4) is 5.75 Å². The molecule has 0 saturated carbocycles. The Morgan fingerprint density at radius 1 is 1.17 bits per heavy atom. The van der Waals surface area contributed by atoms with E-state index in [1.165, 1.54) is 7.11 Å². The summed E-state index contributed by atoms with van der Waals surface area (Å²) in [5, 5.41) is 5.54. The maximum absolute atomic E-state index is 12.9. The number of nitrogens with one attached hydrogen (secondary N) is 2. The van der Waals surface area contributed by atoms with Gasteiger partial charge < -0.3 is 25.2 Å². The molecule has 29 heavy (non-hydrogen) atoms. The van der Waals surface area contributed by atoms with Gasteiger partial charge in [0.05, 0.1) is 25.8 Å². The number of ether oxygens (including phenoxy) is 1. The Bertz CT molecular complexity index is 748. The van der Waals surface area contributed by atoms with Crippen molar-refractivity contribution in [3.63, 3.8) is 0 Å². The molecule has 0 bridgehead atoms. The van der Waals surface area contributed by atoms with Crippen molar-refractivity contribution in [1.82, 2.24) is 20.0 Å². The smallest absolute Gasteiger partial charge is 0.243 e. The molecule has 2 N–H and O–H groups in total. The topological polar surface area (TPSA) is 94.2 Å². The van der Waals surface area contributed by atoms with Crippen LogP contribution in [-0.2, 0) is 14.4 Å². The highest BCUT2D eigenvalue weighted by Crippen LogP contribution is 2.23. The average Bonchev–Trinajstić information content (AvgIpc) is 2.71. The van der Waals surface area contributed by atoms with Crippen LogP contribution in [0.4, 0.5) is 5.69 Å². The van der Waals surface area contributed by atoms with Crippen LogP contribution in [0.1, 0.15) is 6.42 Å². The number of methoxy groups -OCH3 is 1. The first-order valence-electron chi connectivity index (χ1n) is 9.89. The SMILES string of the molecule is COc1ccccc1NC(=O)C[C@H]1C(=O)NCCN1C(=O)CN1CCN(C)CC1. The van der Waals surface area contributed by atoms with Crippen LogP contribution in [0, 0.1) is 0 Å². The van der Waals surface area contributed by atoms with Gasteiger partial charge in [-0.3, -0.25) is 19.3 Å². The number of nitrogens with zero attached hydrogens (tertiary/aromatic N) is 3. The van der Waals surface area contributed by atoms with E-state index in [4.69, 9.17) is 4.74 Å². The summed E-state index contributed by atoms with van der Waals surface area (Å²) in [5.41, 5.74) is 0.534. The van der Waals surface area contributed by atoms with E-state index < -0.39 is 6.04 Å². The van der Waals surface area contributed by atoms with Crippen LogP contribution in [0.25, 0.3) is 0 Å². The molecule has 0 unspecified atom stereocenters. The minimum atomic E-state index is -0.807. The van der Waals surface area contributed by atoms with Crippen molar-refractivity contribution in [2.75, 3.05) is 65.3 Å². The van der Waals surface area contributed by atoms with Gasteiger partial charge in [0, 0.05) is 39.3 Å². The zero-order valence-corrected chi connectivity index (χ0v) is 17.0. The molecule has 158 valence electrons. The fraction of sp³-hybridized carbons (Fsp3) is 0.550. The Kier molecular flexibility index (Phi) is 7.05. The van der Waals surface area contributed by atoms with Gasteiger partial charge in [-0.15, -0.1) is 0 Å². The second-order valence-corrected chi connectivity index (χ2v) is 7.43. The number of carbonyl (C=O) groups is 3. The average molecular weight is 403 g/mol. The lowest BCUT2D eigenvalue weighted by Crippen LogP contribution is -2.60. The summed E-state index contributed by atoms with van der Waals surface area (Å²) >= 11 is 0. The monoisotopic (exact) mass is 403 g/mol. The third-order valence-corrected chi connectivity index (χ3v) is 5.37. The van der Waals surface area contributed by atoms with Gasteiger partial charge in [-0.2, -0.15) is 0 Å². The highest BCUT2D eigenvalue weighted by molar-refractivity contribution is 5.98. The van der Waals surface area contributed by atoms with E-state index in [1.807, 2.05) is 6.07 Å². The number of benzene rings is 1. The normalized spacial score (nSPS) is 20.8. The molecule has 1 aromatic carbocycles. The Morgan fingerprint density at radius 3 is 2.62 bits per heavy atom. The highest BCUT2D eigenvalue weighted by atomic mass is 16.5. The Hall–Kier alpha value is -2.65. The molecule has 2 aliphatic rings. The van der Waals surface area contributed by atoms with Gasteiger partial charge in [0.2, 0.25) is 17.7 Å². The third-order valence-electron chi connectivity index (χ3n) is 5.37. The summed E-state index contributed by atoms with van der Waals surface area (Å²) < 4.78 is 5.24. The van der Waals surface area contributed by atoms with Crippen molar-refractivity contribution in [1.29, 1.82) is 0 Å². The lowest BCUT2D eigenvalue weighted by Gasteiger charge is -2.37. The van der Waals surface area contributed by atoms with E-state index in [9.17, 15) is 14.4 Å². The standard InChI is InChI=1S/C20H29N5O4/c1-23-9-11-24(12-10-23)14-19(27)25-8-7-21-20(28)16(25)13-18(26)22-15-5-3-4-6-17(15)29-2/h3-6,16H,7-14H2,1-2H3,(H,21,28)(H,22,26)/t16-/m0/s1. The lowest BCUT2D eigenvalue weighted by atomic mass is 10.1. The van der Waals surface area contributed by atoms with Crippen molar-refractivity contribution in [2.45, 2.75) is 12.5 Å². The number of amides is 3. The molecule has 9 heteroatoms. The molecular formula is C20H29N5O4. The third kappa shape index (κ3) is 5.45. The van der Waals surface area contributed by atoms with Crippen LogP contribution in [0.5, 0.6) is 5.75 Å². The highest BCUT2D eigenvalue weighted by Gasteiger charge is 2.35. The molecule has 2 aliphatic heterocycles. The van der Waals surface area contributed by atoms with Crippen LogP contribution in [0.2, 0.25) is 0 Å². The zero-order valence-electron chi connectivity index (χ0n) is 17.0. The molecule has 0 spiro atoms. The van der Waals surface area contributed by atoms with Gasteiger partial charge in [0.1, 0.15) is 11.8 Å². The fourth-order valence-corrected chi connectivity index (χ4v) is 3.63. The second kappa shape index (κ2) is 9.71. The molecule has 1 aromatic rings. The molecule has 0 aliphatic carbocycles. The largest absolute Gasteiger partial charge is 0.495 e.